The van der Waals surface area contributed by atoms with Gasteiger partial charge in [-0.15, -0.1) is 0 Å². The van der Waals surface area contributed by atoms with Gasteiger partial charge in [0, 0.05) is 32.2 Å². The van der Waals surface area contributed by atoms with Crippen molar-refractivity contribution < 1.29 is 0 Å². The lowest BCUT2D eigenvalue weighted by Gasteiger charge is -2.35. The van der Waals surface area contributed by atoms with Gasteiger partial charge < -0.3 is 10.2 Å². The van der Waals surface area contributed by atoms with E-state index in [1.54, 1.807) is 0 Å². The van der Waals surface area contributed by atoms with Gasteiger partial charge in [-0.2, -0.15) is 0 Å². The molecule has 1 saturated heterocycles. The largest absolute Gasteiger partial charge is 0.311 e. The first kappa shape index (κ1) is 9.47. The summed E-state index contributed by atoms with van der Waals surface area (Å²) in [6, 6.07) is 0.729. The van der Waals surface area contributed by atoms with Crippen LogP contribution in [0.15, 0.2) is 0 Å². The van der Waals surface area contributed by atoms with Crippen molar-refractivity contribution in [2.75, 3.05) is 26.2 Å². The maximum Gasteiger partial charge on any atom is 0.0218 e. The van der Waals surface area contributed by atoms with Gasteiger partial charge in [-0.1, -0.05) is 13.8 Å². The zero-order valence-electron chi connectivity index (χ0n) is 8.92. The smallest absolute Gasteiger partial charge is 0.0218 e. The van der Waals surface area contributed by atoms with Gasteiger partial charge in [0.15, 0.2) is 0 Å². The standard InChI is InChI=1S/C11H22N2/c1-9(2)11-8-13(6-5-12-11)7-10-3-4-10/h9-12H,3-8H2,1-2H3. The predicted octanol–water partition coefficient (Wildman–Crippen LogP) is 1.33. The summed E-state index contributed by atoms with van der Waals surface area (Å²) in [5, 5.41) is 3.60. The minimum Gasteiger partial charge on any atom is -0.311 e. The third-order valence-corrected chi connectivity index (χ3v) is 3.31. The molecule has 2 heteroatoms. The molecule has 1 heterocycles. The molecule has 0 spiro atoms. The summed E-state index contributed by atoms with van der Waals surface area (Å²) in [7, 11) is 0. The molecule has 1 saturated carbocycles. The number of rotatable bonds is 3. The van der Waals surface area contributed by atoms with E-state index in [4.69, 9.17) is 0 Å². The normalized spacial score (nSPS) is 31.2. The zero-order valence-corrected chi connectivity index (χ0v) is 8.92. The van der Waals surface area contributed by atoms with Gasteiger partial charge in [0.05, 0.1) is 0 Å². The Hall–Kier alpha value is -0.0800. The van der Waals surface area contributed by atoms with Crippen molar-refractivity contribution in [3.63, 3.8) is 0 Å². The maximum absolute atomic E-state index is 3.60. The Bertz CT molecular complexity index is 163. The quantitative estimate of drug-likeness (QED) is 0.708. The van der Waals surface area contributed by atoms with E-state index >= 15 is 0 Å². The summed E-state index contributed by atoms with van der Waals surface area (Å²) in [6.45, 7) is 9.73. The maximum atomic E-state index is 3.60. The summed E-state index contributed by atoms with van der Waals surface area (Å²) >= 11 is 0. The molecule has 0 radical (unpaired) electrons. The SMILES string of the molecule is CC(C)C1CN(CC2CC2)CCN1. The zero-order chi connectivity index (χ0) is 9.26. The fraction of sp³-hybridized carbons (Fsp3) is 1.00. The fourth-order valence-electron chi connectivity index (χ4n) is 2.12. The first-order chi connectivity index (χ1) is 6.25. The number of nitrogens with zero attached hydrogens (tertiary/aromatic N) is 1. The van der Waals surface area contributed by atoms with Crippen LogP contribution in [0.5, 0.6) is 0 Å². The highest BCUT2D eigenvalue weighted by atomic mass is 15.2. The van der Waals surface area contributed by atoms with Crippen LogP contribution >= 0.6 is 0 Å². The molecular formula is C11H22N2. The summed E-state index contributed by atoms with van der Waals surface area (Å²) in [5.41, 5.74) is 0. The van der Waals surface area contributed by atoms with Crippen molar-refractivity contribution in [1.82, 2.24) is 10.2 Å². The molecule has 0 bridgehead atoms. The van der Waals surface area contributed by atoms with Crippen LogP contribution in [-0.4, -0.2) is 37.1 Å². The van der Waals surface area contributed by atoms with Gasteiger partial charge in [-0.25, -0.2) is 0 Å². The lowest BCUT2D eigenvalue weighted by molar-refractivity contribution is 0.169. The molecule has 2 fully saturated rings. The molecule has 0 aromatic heterocycles. The molecule has 2 nitrogen and oxygen atoms in total. The van der Waals surface area contributed by atoms with Gasteiger partial charge in [0.25, 0.3) is 0 Å². The van der Waals surface area contributed by atoms with E-state index in [1.165, 1.54) is 39.0 Å². The van der Waals surface area contributed by atoms with Crippen molar-refractivity contribution in [2.24, 2.45) is 11.8 Å². The van der Waals surface area contributed by atoms with E-state index in [9.17, 15) is 0 Å². The molecule has 0 amide bonds. The molecule has 1 atom stereocenters. The molecule has 76 valence electrons. The van der Waals surface area contributed by atoms with Gasteiger partial charge >= 0.3 is 0 Å². The summed E-state index contributed by atoms with van der Waals surface area (Å²) < 4.78 is 0. The Morgan fingerprint density at radius 1 is 1.38 bits per heavy atom. The molecule has 1 unspecified atom stereocenters. The van der Waals surface area contributed by atoms with E-state index in [0.717, 1.165) is 17.9 Å². The van der Waals surface area contributed by atoms with Crippen molar-refractivity contribution in [3.8, 4) is 0 Å². The summed E-state index contributed by atoms with van der Waals surface area (Å²) in [4.78, 5) is 2.65. The average molecular weight is 182 g/mol. The molecule has 2 rings (SSSR count). The fourth-order valence-corrected chi connectivity index (χ4v) is 2.12. The van der Waals surface area contributed by atoms with E-state index in [1.807, 2.05) is 0 Å². The monoisotopic (exact) mass is 182 g/mol. The number of piperazine rings is 1. The van der Waals surface area contributed by atoms with E-state index in [0.29, 0.717) is 0 Å². The summed E-state index contributed by atoms with van der Waals surface area (Å²) in [5.74, 6) is 1.83. The van der Waals surface area contributed by atoms with Crippen LogP contribution in [0.3, 0.4) is 0 Å². The second-order valence-electron chi connectivity index (χ2n) is 5.01. The second-order valence-corrected chi connectivity index (χ2v) is 5.01. The van der Waals surface area contributed by atoms with Gasteiger partial charge in [-0.3, -0.25) is 0 Å². The van der Waals surface area contributed by atoms with Gasteiger partial charge in [0.2, 0.25) is 0 Å². The highest BCUT2D eigenvalue weighted by Crippen LogP contribution is 2.30. The molecule has 1 N–H and O–H groups in total. The summed E-state index contributed by atoms with van der Waals surface area (Å²) in [6.07, 6.45) is 2.96. The Labute approximate surface area is 81.7 Å². The lowest BCUT2D eigenvalue weighted by Crippen LogP contribution is -2.53. The van der Waals surface area contributed by atoms with Gasteiger partial charge in [0.1, 0.15) is 0 Å². The average Bonchev–Trinajstić information content (AvgIpc) is 2.89. The first-order valence-corrected chi connectivity index (χ1v) is 5.71. The molecule has 13 heavy (non-hydrogen) atoms. The molecule has 1 aliphatic carbocycles. The minimum absolute atomic E-state index is 0.729. The van der Waals surface area contributed by atoms with Crippen LogP contribution < -0.4 is 5.32 Å². The number of hydrogen-bond acceptors (Lipinski definition) is 2. The van der Waals surface area contributed by atoms with Crippen molar-refractivity contribution in [2.45, 2.75) is 32.7 Å². The van der Waals surface area contributed by atoms with Crippen LogP contribution in [0, 0.1) is 11.8 Å². The van der Waals surface area contributed by atoms with Crippen LogP contribution in [0.4, 0.5) is 0 Å². The molecular weight excluding hydrogens is 160 g/mol. The van der Waals surface area contributed by atoms with Crippen LogP contribution in [0.2, 0.25) is 0 Å². The second kappa shape index (κ2) is 3.97. The Kier molecular flexibility index (Phi) is 2.89. The first-order valence-electron chi connectivity index (χ1n) is 5.71. The molecule has 2 aliphatic rings. The van der Waals surface area contributed by atoms with E-state index in [2.05, 4.69) is 24.1 Å². The lowest BCUT2D eigenvalue weighted by atomic mass is 10.0. The predicted molar refractivity (Wildman–Crippen MR) is 55.8 cm³/mol. The third kappa shape index (κ3) is 2.68. The van der Waals surface area contributed by atoms with Crippen molar-refractivity contribution >= 4 is 0 Å². The number of hydrogen-bond donors (Lipinski definition) is 1. The van der Waals surface area contributed by atoms with Crippen LogP contribution in [-0.2, 0) is 0 Å². The Morgan fingerprint density at radius 3 is 2.77 bits per heavy atom. The molecule has 0 aromatic carbocycles. The molecule has 0 aromatic rings. The highest BCUT2D eigenvalue weighted by Gasteiger charge is 2.28. The van der Waals surface area contributed by atoms with Crippen molar-refractivity contribution in [1.29, 1.82) is 0 Å². The Morgan fingerprint density at radius 2 is 2.15 bits per heavy atom. The van der Waals surface area contributed by atoms with Crippen molar-refractivity contribution in [3.05, 3.63) is 0 Å². The van der Waals surface area contributed by atoms with Crippen LogP contribution in [0.1, 0.15) is 26.7 Å². The Balaban J connectivity index is 1.77. The number of nitrogens with one attached hydrogen (secondary N) is 1. The third-order valence-electron chi connectivity index (χ3n) is 3.31. The minimum atomic E-state index is 0.729. The topological polar surface area (TPSA) is 15.3 Å². The van der Waals surface area contributed by atoms with E-state index < -0.39 is 0 Å². The molecule has 1 aliphatic heterocycles. The van der Waals surface area contributed by atoms with Crippen LogP contribution in [0.25, 0.3) is 0 Å². The van der Waals surface area contributed by atoms with Gasteiger partial charge in [-0.05, 0) is 24.7 Å². The van der Waals surface area contributed by atoms with E-state index in [-0.39, 0.29) is 0 Å². The highest BCUT2D eigenvalue weighted by molar-refractivity contribution is 4.84.